The average molecular weight is 525 g/mol. The van der Waals surface area contributed by atoms with Gasteiger partial charge in [-0.1, -0.05) is 6.07 Å². The van der Waals surface area contributed by atoms with Crippen molar-refractivity contribution in [2.45, 2.75) is 20.0 Å². The van der Waals surface area contributed by atoms with Gasteiger partial charge in [0.05, 0.1) is 23.8 Å². The van der Waals surface area contributed by atoms with E-state index in [2.05, 4.69) is 50.7 Å². The lowest BCUT2D eigenvalue weighted by atomic mass is 10.0. The van der Waals surface area contributed by atoms with Crippen LogP contribution in [0.3, 0.4) is 0 Å². The zero-order chi connectivity index (χ0) is 28.1. The molecular weight excluding hydrogens is 497 g/mol. The molecule has 8 nitrogen and oxygen atoms in total. The lowest BCUT2D eigenvalue weighted by Crippen LogP contribution is -2.07. The number of halogens is 3. The maximum absolute atomic E-state index is 11.9. The molecule has 38 heavy (non-hydrogen) atoms. The summed E-state index contributed by atoms with van der Waals surface area (Å²) in [5.41, 5.74) is 4.90. The van der Waals surface area contributed by atoms with E-state index in [0.29, 0.717) is 12.4 Å². The van der Waals surface area contributed by atoms with E-state index in [4.69, 9.17) is 9.78 Å². The minimum atomic E-state index is -4.49. The van der Waals surface area contributed by atoms with E-state index in [1.165, 1.54) is 18.6 Å². The van der Waals surface area contributed by atoms with Crippen molar-refractivity contribution in [1.82, 2.24) is 19.9 Å². The number of aryl methyl sites for hydroxylation is 1. The number of rotatable bonds is 5. The Morgan fingerprint density at radius 2 is 1.55 bits per heavy atom. The monoisotopic (exact) mass is 524 g/mol. The highest BCUT2D eigenvalue weighted by molar-refractivity contribution is 5.74. The molecule has 0 aliphatic rings. The van der Waals surface area contributed by atoms with Crippen molar-refractivity contribution in [1.29, 1.82) is 0 Å². The molecular formula is C27H27F3N6O2. The Balaban J connectivity index is 0.000000284. The van der Waals surface area contributed by atoms with Crippen LogP contribution >= 0.6 is 0 Å². The summed E-state index contributed by atoms with van der Waals surface area (Å²) in [6.45, 7) is 3.52. The fourth-order valence-electron chi connectivity index (χ4n) is 3.09. The Morgan fingerprint density at radius 1 is 0.868 bits per heavy atom. The van der Waals surface area contributed by atoms with Gasteiger partial charge in [-0.25, -0.2) is 9.97 Å². The molecule has 0 radical (unpaired) electrons. The van der Waals surface area contributed by atoms with Gasteiger partial charge >= 0.3 is 6.18 Å². The Labute approximate surface area is 218 Å². The predicted octanol–water partition coefficient (Wildman–Crippen LogP) is 5.72. The average Bonchev–Trinajstić information content (AvgIpc) is 2.94. The van der Waals surface area contributed by atoms with Gasteiger partial charge in [-0.15, -0.1) is 0 Å². The number of aldehydes is 2. The van der Waals surface area contributed by atoms with Gasteiger partial charge in [-0.3, -0.25) is 14.8 Å². The predicted molar refractivity (Wildman–Crippen MR) is 141 cm³/mol. The van der Waals surface area contributed by atoms with Crippen LogP contribution in [0, 0.1) is 6.92 Å². The number of pyridine rings is 2. The van der Waals surface area contributed by atoms with Crippen LogP contribution in [0.2, 0.25) is 0 Å². The van der Waals surface area contributed by atoms with E-state index in [1.807, 2.05) is 26.2 Å². The van der Waals surface area contributed by atoms with E-state index >= 15 is 0 Å². The number of carbonyl (C=O) groups is 2. The van der Waals surface area contributed by atoms with Crippen LogP contribution in [0.1, 0.15) is 28.5 Å². The molecule has 198 valence electrons. The maximum Gasteiger partial charge on any atom is 0.433 e. The molecule has 0 saturated carbocycles. The molecule has 0 atom stereocenters. The number of alkyl halides is 3. The number of benzene rings is 1. The Hall–Kier alpha value is -4.67. The fourth-order valence-corrected chi connectivity index (χ4v) is 3.09. The van der Waals surface area contributed by atoms with Crippen LogP contribution in [0.15, 0.2) is 67.3 Å². The molecule has 4 aromatic rings. The second-order valence-corrected chi connectivity index (χ2v) is 7.57. The van der Waals surface area contributed by atoms with E-state index in [1.54, 1.807) is 18.6 Å². The minimum Gasteiger partial charge on any atom is -0.388 e. The van der Waals surface area contributed by atoms with Crippen molar-refractivity contribution in [2.75, 3.05) is 24.7 Å². The zero-order valence-corrected chi connectivity index (χ0v) is 21.2. The van der Waals surface area contributed by atoms with E-state index in [9.17, 15) is 18.0 Å². The first-order valence-electron chi connectivity index (χ1n) is 11.3. The molecule has 4 rings (SSSR count). The van der Waals surface area contributed by atoms with Gasteiger partial charge in [0.25, 0.3) is 0 Å². The highest BCUT2D eigenvalue weighted by atomic mass is 19.4. The SMILES string of the molecule is CC=O.CNc1ccc(C)c(-c2cncc(-c3ccnc(NC)c3)n2)c1.O=Cc1ccnc(C(F)(F)F)c1. The summed E-state index contributed by atoms with van der Waals surface area (Å²) >= 11 is 0. The van der Waals surface area contributed by atoms with Crippen molar-refractivity contribution in [3.05, 3.63) is 84.1 Å². The Kier molecular flexibility index (Phi) is 11.0. The van der Waals surface area contributed by atoms with Crippen molar-refractivity contribution in [3.63, 3.8) is 0 Å². The molecule has 0 amide bonds. The Bertz CT molecular complexity index is 1360. The lowest BCUT2D eigenvalue weighted by molar-refractivity contribution is -0.141. The normalized spacial score (nSPS) is 10.2. The third-order valence-corrected chi connectivity index (χ3v) is 4.96. The summed E-state index contributed by atoms with van der Waals surface area (Å²) in [4.78, 5) is 35.3. The van der Waals surface area contributed by atoms with Crippen molar-refractivity contribution >= 4 is 24.1 Å². The quantitative estimate of drug-likeness (QED) is 0.319. The van der Waals surface area contributed by atoms with E-state index < -0.39 is 11.9 Å². The number of carbonyl (C=O) groups excluding carboxylic acids is 2. The first-order valence-corrected chi connectivity index (χ1v) is 11.3. The zero-order valence-electron chi connectivity index (χ0n) is 21.2. The van der Waals surface area contributed by atoms with Crippen LogP contribution in [0.4, 0.5) is 24.7 Å². The summed E-state index contributed by atoms with van der Waals surface area (Å²) in [7, 11) is 3.76. The highest BCUT2D eigenvalue weighted by Crippen LogP contribution is 2.28. The topological polar surface area (TPSA) is 110 Å². The molecule has 1 aromatic carbocycles. The van der Waals surface area contributed by atoms with Crippen molar-refractivity contribution in [3.8, 4) is 22.5 Å². The minimum absolute atomic E-state index is 0.0303. The molecule has 0 bridgehead atoms. The molecule has 3 aromatic heterocycles. The van der Waals surface area contributed by atoms with Gasteiger partial charge in [0.1, 0.15) is 24.1 Å². The van der Waals surface area contributed by atoms with Crippen molar-refractivity contribution in [2.24, 2.45) is 0 Å². The van der Waals surface area contributed by atoms with Gasteiger partial charge in [0.15, 0.2) is 0 Å². The van der Waals surface area contributed by atoms with Crippen LogP contribution in [0.25, 0.3) is 22.5 Å². The third kappa shape index (κ3) is 8.47. The number of nitrogens with one attached hydrogen (secondary N) is 2. The molecule has 0 fully saturated rings. The standard InChI is InChI=1S/C18H19N5.C7H4F3NO.C2H4O/c1-12-4-5-14(19-2)9-15(12)17-11-21-10-16(23-17)13-6-7-22-18(8-13)20-3;8-7(9,10)6-3-5(4-12)1-2-11-6;1-2-3/h4-11,19H,1-3H3,(H,20,22);1-4H;2H,1H3. The summed E-state index contributed by atoms with van der Waals surface area (Å²) in [5.74, 6) is 0.808. The summed E-state index contributed by atoms with van der Waals surface area (Å²) < 4.78 is 35.8. The molecule has 11 heteroatoms. The number of nitrogens with zero attached hydrogens (tertiary/aromatic N) is 4. The second-order valence-electron chi connectivity index (χ2n) is 7.57. The molecule has 3 heterocycles. The van der Waals surface area contributed by atoms with Gasteiger partial charge < -0.3 is 15.4 Å². The number of aromatic nitrogens is 4. The van der Waals surface area contributed by atoms with Crippen molar-refractivity contribution < 1.29 is 22.8 Å². The van der Waals surface area contributed by atoms with E-state index in [-0.39, 0.29) is 5.56 Å². The van der Waals surface area contributed by atoms with Crippen LogP contribution in [0.5, 0.6) is 0 Å². The molecule has 0 aliphatic carbocycles. The molecule has 0 spiro atoms. The van der Waals surface area contributed by atoms with E-state index in [0.717, 1.165) is 46.5 Å². The maximum atomic E-state index is 11.9. The second kappa shape index (κ2) is 14.2. The number of hydrogen-bond acceptors (Lipinski definition) is 8. The smallest absolute Gasteiger partial charge is 0.388 e. The van der Waals surface area contributed by atoms with Gasteiger partial charge in [0, 0.05) is 48.9 Å². The Morgan fingerprint density at radius 3 is 2.18 bits per heavy atom. The molecule has 0 unspecified atom stereocenters. The van der Waals surface area contributed by atoms with Crippen LogP contribution in [-0.4, -0.2) is 46.6 Å². The number of hydrogen-bond donors (Lipinski definition) is 2. The largest absolute Gasteiger partial charge is 0.433 e. The summed E-state index contributed by atoms with van der Waals surface area (Å²) in [6.07, 6.45) is 2.89. The molecule has 2 N–H and O–H groups in total. The number of anilines is 2. The van der Waals surface area contributed by atoms with Gasteiger partial charge in [-0.2, -0.15) is 13.2 Å². The molecule has 0 aliphatic heterocycles. The summed E-state index contributed by atoms with van der Waals surface area (Å²) in [5, 5.41) is 6.20. The highest BCUT2D eigenvalue weighted by Gasteiger charge is 2.32. The first-order chi connectivity index (χ1) is 18.2. The fraction of sp³-hybridized carbons (Fsp3) is 0.185. The summed E-state index contributed by atoms with van der Waals surface area (Å²) in [6, 6.07) is 12.0. The first kappa shape index (κ1) is 29.6. The molecule has 0 saturated heterocycles. The lowest BCUT2D eigenvalue weighted by Gasteiger charge is -2.10. The van der Waals surface area contributed by atoms with Gasteiger partial charge in [0.2, 0.25) is 0 Å². The van der Waals surface area contributed by atoms with Crippen LogP contribution < -0.4 is 10.6 Å². The van der Waals surface area contributed by atoms with Gasteiger partial charge in [-0.05, 0) is 55.8 Å². The van der Waals surface area contributed by atoms with Crippen LogP contribution in [-0.2, 0) is 11.0 Å². The third-order valence-electron chi connectivity index (χ3n) is 4.96.